The Morgan fingerprint density at radius 3 is 2.12 bits per heavy atom. The molecule has 0 spiro atoms. The van der Waals surface area contributed by atoms with Crippen molar-refractivity contribution in [1.82, 2.24) is 0 Å². The van der Waals surface area contributed by atoms with E-state index in [4.69, 9.17) is 5.26 Å². The van der Waals surface area contributed by atoms with Crippen LogP contribution in [0.1, 0.15) is 27.2 Å². The van der Waals surface area contributed by atoms with Gasteiger partial charge in [0.05, 0.1) is 6.07 Å². The molecule has 0 aromatic heterocycles. The van der Waals surface area contributed by atoms with Gasteiger partial charge in [0.2, 0.25) is 0 Å². The summed E-state index contributed by atoms with van der Waals surface area (Å²) in [5.74, 6) is 0. The smallest absolute Gasteiger partial charge is 0.0943 e. The molecule has 0 atom stereocenters. The number of hydrogen-bond acceptors (Lipinski definition) is 1. The molecule has 0 N–H and O–H groups in total. The molecule has 44 valence electrons. The predicted octanol–water partition coefficient (Wildman–Crippen LogP) is 2.26. The van der Waals surface area contributed by atoms with E-state index in [1.807, 2.05) is 13.8 Å². The van der Waals surface area contributed by atoms with Crippen molar-refractivity contribution < 1.29 is 0 Å². The zero-order valence-corrected chi connectivity index (χ0v) is 5.65. The molecule has 0 saturated carbocycles. The Bertz CT molecular complexity index is 137. The van der Waals surface area contributed by atoms with Crippen LogP contribution in [0.5, 0.6) is 0 Å². The highest BCUT2D eigenvalue weighted by Crippen LogP contribution is 2.04. The predicted molar refractivity (Wildman–Crippen MR) is 34.3 cm³/mol. The van der Waals surface area contributed by atoms with Crippen LogP contribution in [-0.4, -0.2) is 0 Å². The number of nitriles is 1. The van der Waals surface area contributed by atoms with Gasteiger partial charge in [0.1, 0.15) is 0 Å². The molecule has 0 amide bonds. The van der Waals surface area contributed by atoms with E-state index in [9.17, 15) is 0 Å². The van der Waals surface area contributed by atoms with Gasteiger partial charge in [0, 0.05) is 5.57 Å². The van der Waals surface area contributed by atoms with Gasteiger partial charge in [-0.1, -0.05) is 12.5 Å². The van der Waals surface area contributed by atoms with Crippen LogP contribution in [0.25, 0.3) is 0 Å². The fourth-order valence-electron chi connectivity index (χ4n) is 0.361. The highest BCUT2D eigenvalue weighted by atomic mass is 14.2. The molecule has 0 aliphatic heterocycles. The van der Waals surface area contributed by atoms with E-state index in [2.05, 4.69) is 13.0 Å². The average Bonchev–Trinajstić information content (AvgIpc) is 1.84. The van der Waals surface area contributed by atoms with Crippen LogP contribution in [0.15, 0.2) is 11.1 Å². The van der Waals surface area contributed by atoms with Crippen LogP contribution in [0.3, 0.4) is 0 Å². The molecular formula is C7H11N. The van der Waals surface area contributed by atoms with Crippen molar-refractivity contribution in [2.75, 3.05) is 0 Å². The third kappa shape index (κ3) is 1.79. The van der Waals surface area contributed by atoms with Crippen LogP contribution < -0.4 is 0 Å². The highest BCUT2D eigenvalue weighted by Gasteiger charge is 1.88. The molecule has 0 rings (SSSR count). The van der Waals surface area contributed by atoms with Crippen molar-refractivity contribution >= 4 is 0 Å². The first kappa shape index (κ1) is 7.23. The van der Waals surface area contributed by atoms with Gasteiger partial charge < -0.3 is 0 Å². The largest absolute Gasteiger partial charge is 0.193 e. The summed E-state index contributed by atoms with van der Waals surface area (Å²) < 4.78 is 0. The van der Waals surface area contributed by atoms with Crippen molar-refractivity contribution in [3.63, 3.8) is 0 Å². The average molecular weight is 109 g/mol. The molecular weight excluding hydrogens is 98.1 g/mol. The van der Waals surface area contributed by atoms with Crippen molar-refractivity contribution in [2.45, 2.75) is 27.2 Å². The summed E-state index contributed by atoms with van der Waals surface area (Å²) in [5, 5.41) is 8.33. The Morgan fingerprint density at radius 2 is 2.00 bits per heavy atom. The van der Waals surface area contributed by atoms with E-state index in [1.54, 1.807) is 0 Å². The van der Waals surface area contributed by atoms with Crippen molar-refractivity contribution in [2.24, 2.45) is 0 Å². The molecule has 0 fully saturated rings. The normalized spacial score (nSPS) is 12.2. The second-order valence-corrected chi connectivity index (χ2v) is 1.87. The van der Waals surface area contributed by atoms with E-state index in [1.165, 1.54) is 5.57 Å². The number of rotatable bonds is 1. The van der Waals surface area contributed by atoms with Crippen LogP contribution in [0.2, 0.25) is 0 Å². The lowest BCUT2D eigenvalue weighted by Gasteiger charge is -1.92. The SMILES string of the molecule is CC/C(C)=C(/C)C#N. The third-order valence-electron chi connectivity index (χ3n) is 1.34. The molecule has 0 bridgehead atoms. The zero-order chi connectivity index (χ0) is 6.57. The standard InChI is InChI=1S/C7H11N/c1-4-6(2)7(3)5-8/h4H2,1-3H3/b7-6-. The quantitative estimate of drug-likeness (QED) is 0.474. The minimum atomic E-state index is 0.854. The monoisotopic (exact) mass is 109 g/mol. The molecule has 0 aliphatic rings. The molecule has 1 nitrogen and oxygen atoms in total. The molecule has 0 aliphatic carbocycles. The van der Waals surface area contributed by atoms with Gasteiger partial charge in [-0.25, -0.2) is 0 Å². The number of allylic oxidation sites excluding steroid dienone is 2. The first-order chi connectivity index (χ1) is 3.72. The van der Waals surface area contributed by atoms with Crippen LogP contribution in [0, 0.1) is 11.3 Å². The summed E-state index contributed by atoms with van der Waals surface area (Å²) in [6.07, 6.45) is 0.986. The maximum absolute atomic E-state index is 8.33. The van der Waals surface area contributed by atoms with Gasteiger partial charge in [-0.2, -0.15) is 5.26 Å². The third-order valence-corrected chi connectivity index (χ3v) is 1.34. The second-order valence-electron chi connectivity index (χ2n) is 1.87. The summed E-state index contributed by atoms with van der Waals surface area (Å²) in [4.78, 5) is 0. The van der Waals surface area contributed by atoms with Gasteiger partial charge in [0.15, 0.2) is 0 Å². The second kappa shape index (κ2) is 3.26. The molecule has 0 radical (unpaired) electrons. The topological polar surface area (TPSA) is 23.8 Å². The Balaban J connectivity index is 4.10. The fourth-order valence-corrected chi connectivity index (χ4v) is 0.361. The maximum Gasteiger partial charge on any atom is 0.0943 e. The lowest BCUT2D eigenvalue weighted by Crippen LogP contribution is -1.76. The summed E-state index contributed by atoms with van der Waals surface area (Å²) in [7, 11) is 0. The maximum atomic E-state index is 8.33. The fraction of sp³-hybridized carbons (Fsp3) is 0.571. The molecule has 8 heavy (non-hydrogen) atoms. The van der Waals surface area contributed by atoms with Crippen molar-refractivity contribution in [3.8, 4) is 6.07 Å². The van der Waals surface area contributed by atoms with Crippen LogP contribution in [-0.2, 0) is 0 Å². The highest BCUT2D eigenvalue weighted by molar-refractivity contribution is 5.23. The van der Waals surface area contributed by atoms with E-state index in [0.717, 1.165) is 12.0 Å². The molecule has 0 saturated heterocycles. The summed E-state index contributed by atoms with van der Waals surface area (Å²) >= 11 is 0. The molecule has 0 aromatic carbocycles. The Morgan fingerprint density at radius 1 is 1.50 bits per heavy atom. The van der Waals surface area contributed by atoms with Crippen LogP contribution >= 0.6 is 0 Å². The Kier molecular flexibility index (Phi) is 2.95. The Labute approximate surface area is 50.6 Å². The number of hydrogen-bond donors (Lipinski definition) is 0. The van der Waals surface area contributed by atoms with E-state index in [-0.39, 0.29) is 0 Å². The molecule has 0 unspecified atom stereocenters. The van der Waals surface area contributed by atoms with E-state index in [0.29, 0.717) is 0 Å². The summed E-state index contributed by atoms with van der Waals surface area (Å²) in [6.45, 7) is 5.88. The van der Waals surface area contributed by atoms with Gasteiger partial charge >= 0.3 is 0 Å². The lowest BCUT2D eigenvalue weighted by molar-refractivity contribution is 1.07. The number of nitrogens with zero attached hydrogens (tertiary/aromatic N) is 1. The first-order valence-electron chi connectivity index (χ1n) is 2.78. The summed E-state index contributed by atoms with van der Waals surface area (Å²) in [6, 6.07) is 2.10. The van der Waals surface area contributed by atoms with Crippen LogP contribution in [0.4, 0.5) is 0 Å². The lowest BCUT2D eigenvalue weighted by atomic mass is 10.1. The van der Waals surface area contributed by atoms with Crippen molar-refractivity contribution in [1.29, 1.82) is 5.26 Å². The van der Waals surface area contributed by atoms with Gasteiger partial charge in [-0.3, -0.25) is 0 Å². The van der Waals surface area contributed by atoms with E-state index < -0.39 is 0 Å². The van der Waals surface area contributed by atoms with E-state index >= 15 is 0 Å². The molecule has 0 aromatic rings. The minimum Gasteiger partial charge on any atom is -0.193 e. The molecule has 0 heterocycles. The minimum absolute atomic E-state index is 0.854. The zero-order valence-electron chi connectivity index (χ0n) is 5.65. The Hall–Kier alpha value is -0.770. The summed E-state index contributed by atoms with van der Waals surface area (Å²) in [5.41, 5.74) is 2.04. The van der Waals surface area contributed by atoms with Gasteiger partial charge in [-0.05, 0) is 20.3 Å². The van der Waals surface area contributed by atoms with Gasteiger partial charge in [0.25, 0.3) is 0 Å². The first-order valence-corrected chi connectivity index (χ1v) is 2.78. The van der Waals surface area contributed by atoms with Gasteiger partial charge in [-0.15, -0.1) is 0 Å². The molecule has 1 heteroatoms. The van der Waals surface area contributed by atoms with Crippen molar-refractivity contribution in [3.05, 3.63) is 11.1 Å².